The van der Waals surface area contributed by atoms with E-state index in [4.69, 9.17) is 0 Å². The van der Waals surface area contributed by atoms with Gasteiger partial charge in [0.15, 0.2) is 0 Å². The maximum absolute atomic E-state index is 12.1. The molecule has 0 radical (unpaired) electrons. The van der Waals surface area contributed by atoms with E-state index in [1.165, 1.54) is 30.3 Å². The molecule has 9 N–H and O–H groups in total. The predicted octanol–water partition coefficient (Wildman–Crippen LogP) is 7.47. The van der Waals surface area contributed by atoms with E-state index in [0.29, 0.717) is 38.9 Å². The first kappa shape index (κ1) is 30.6. The van der Waals surface area contributed by atoms with Gasteiger partial charge in [-0.25, -0.2) is 0 Å². The lowest BCUT2D eigenvalue weighted by Gasteiger charge is -2.36. The molecular weight excluding hydrogens is 648 g/mol. The molecule has 3 aliphatic carbocycles. The summed E-state index contributed by atoms with van der Waals surface area (Å²) in [4.78, 5) is 0. The van der Waals surface area contributed by atoms with Gasteiger partial charge in [-0.2, -0.15) is 0 Å². The van der Waals surface area contributed by atoms with Crippen LogP contribution in [-0.4, -0.2) is 46.0 Å². The minimum atomic E-state index is -0.802. The summed E-state index contributed by atoms with van der Waals surface area (Å²) in [6, 6.07) is 26.8. The average Bonchev–Trinajstić information content (AvgIpc) is 3.29. The fraction of sp³-hybridized carbons (Fsp3) is 0.143. The van der Waals surface area contributed by atoms with Gasteiger partial charge in [0.25, 0.3) is 0 Å². The van der Waals surface area contributed by atoms with Crippen LogP contribution < -0.4 is 0 Å². The van der Waals surface area contributed by atoms with Crippen molar-refractivity contribution in [2.24, 2.45) is 0 Å². The first-order valence-electron chi connectivity index (χ1n) is 16.6. The Morgan fingerprint density at radius 2 is 0.804 bits per heavy atom. The Morgan fingerprint density at radius 3 is 1.45 bits per heavy atom. The number of rotatable bonds is 3. The van der Waals surface area contributed by atoms with E-state index in [1.807, 2.05) is 6.07 Å². The lowest BCUT2D eigenvalue weighted by atomic mass is 9.66. The Hall–Kier alpha value is -6.48. The lowest BCUT2D eigenvalue weighted by Crippen LogP contribution is -2.22. The molecular formula is C42H32O9. The molecule has 6 atom stereocenters. The van der Waals surface area contributed by atoms with Crippen molar-refractivity contribution in [1.29, 1.82) is 0 Å². The molecule has 0 amide bonds. The van der Waals surface area contributed by atoms with E-state index in [1.54, 1.807) is 66.7 Å². The Kier molecular flexibility index (Phi) is 6.45. The molecule has 0 heterocycles. The van der Waals surface area contributed by atoms with Gasteiger partial charge in [0.1, 0.15) is 51.7 Å². The molecule has 0 spiro atoms. The molecule has 2 bridgehead atoms. The van der Waals surface area contributed by atoms with E-state index in [2.05, 4.69) is 0 Å². The fourth-order valence-electron chi connectivity index (χ4n) is 9.55. The van der Waals surface area contributed by atoms with E-state index in [9.17, 15) is 46.0 Å². The maximum atomic E-state index is 12.1. The predicted molar refractivity (Wildman–Crippen MR) is 186 cm³/mol. The van der Waals surface area contributed by atoms with Gasteiger partial charge in [-0.15, -0.1) is 0 Å². The van der Waals surface area contributed by atoms with E-state index in [-0.39, 0.29) is 51.7 Å². The number of phenols is 9. The zero-order valence-corrected chi connectivity index (χ0v) is 26.8. The molecule has 0 aliphatic heterocycles. The van der Waals surface area contributed by atoms with Crippen molar-refractivity contribution < 1.29 is 46.0 Å². The monoisotopic (exact) mass is 680 g/mol. The second-order valence-corrected chi connectivity index (χ2v) is 13.9. The third-order valence-electron chi connectivity index (χ3n) is 11.2. The van der Waals surface area contributed by atoms with E-state index in [0.717, 1.165) is 16.7 Å². The molecule has 254 valence electrons. The third kappa shape index (κ3) is 4.40. The molecule has 0 aromatic heterocycles. The van der Waals surface area contributed by atoms with Crippen molar-refractivity contribution in [2.75, 3.05) is 0 Å². The van der Waals surface area contributed by atoms with Gasteiger partial charge in [-0.3, -0.25) is 0 Å². The summed E-state index contributed by atoms with van der Waals surface area (Å²) >= 11 is 0. The first-order valence-corrected chi connectivity index (χ1v) is 16.6. The highest BCUT2D eigenvalue weighted by Crippen LogP contribution is 2.71. The number of hydrogen-bond acceptors (Lipinski definition) is 9. The van der Waals surface area contributed by atoms with Crippen molar-refractivity contribution in [1.82, 2.24) is 0 Å². The Morgan fingerprint density at radius 1 is 0.275 bits per heavy atom. The molecule has 9 nitrogen and oxygen atoms in total. The fourth-order valence-corrected chi connectivity index (χ4v) is 9.55. The molecule has 0 saturated carbocycles. The molecule has 3 aliphatic rings. The zero-order valence-electron chi connectivity index (χ0n) is 26.8. The standard InChI is InChI=1S/C42H32O9/c43-21-5-1-18(2-6-21)33-28-14-23(45)9-10-27(28)37-36-29(15-26(48)16-30(36)49)38(33)40-32(51)17-31(50)39-35(20-11-24(46)13-25(47)12-20)34(41(37)42(39)40)19-3-7-22(44)8-4-19/h1-17,33-35,37-38,41,43-51H/t33-,34+,35+,37+,38+,41-/m0/s1. The van der Waals surface area contributed by atoms with E-state index >= 15 is 0 Å². The van der Waals surface area contributed by atoms with Crippen LogP contribution in [0.1, 0.15) is 91.1 Å². The molecule has 9 heteroatoms. The molecule has 0 fully saturated rings. The quantitative estimate of drug-likeness (QED) is 0.0916. The lowest BCUT2D eigenvalue weighted by molar-refractivity contribution is 0.427. The molecule has 0 saturated heterocycles. The molecule has 0 unspecified atom stereocenters. The summed E-state index contributed by atoms with van der Waals surface area (Å²) in [5, 5.41) is 100.0. The second kappa shape index (κ2) is 10.8. The van der Waals surface area contributed by atoms with Crippen LogP contribution in [-0.2, 0) is 0 Å². The van der Waals surface area contributed by atoms with Crippen LogP contribution in [0, 0.1) is 0 Å². The minimum absolute atomic E-state index is 0.000846. The normalized spacial score (nSPS) is 22.4. The molecule has 9 rings (SSSR count). The Labute approximate surface area is 291 Å². The van der Waals surface area contributed by atoms with Gasteiger partial charge >= 0.3 is 0 Å². The number of phenolic OH excluding ortho intramolecular Hbond substituents is 9. The van der Waals surface area contributed by atoms with Gasteiger partial charge in [0.05, 0.1) is 0 Å². The number of benzene rings is 6. The van der Waals surface area contributed by atoms with Gasteiger partial charge < -0.3 is 46.0 Å². The summed E-state index contributed by atoms with van der Waals surface area (Å²) in [6.45, 7) is 0. The Bertz CT molecular complexity index is 2380. The summed E-state index contributed by atoms with van der Waals surface area (Å²) in [5.74, 6) is -5.11. The second-order valence-electron chi connectivity index (χ2n) is 13.9. The molecule has 51 heavy (non-hydrogen) atoms. The van der Waals surface area contributed by atoms with Crippen LogP contribution in [0.15, 0.2) is 103 Å². The van der Waals surface area contributed by atoms with Crippen molar-refractivity contribution in [2.45, 2.75) is 35.5 Å². The highest BCUT2D eigenvalue weighted by molar-refractivity contribution is 5.74. The van der Waals surface area contributed by atoms with Crippen LogP contribution >= 0.6 is 0 Å². The highest BCUT2D eigenvalue weighted by Gasteiger charge is 2.56. The number of fused-ring (bicyclic) bond motifs is 4. The first-order chi connectivity index (χ1) is 24.5. The molecule has 6 aromatic carbocycles. The smallest absolute Gasteiger partial charge is 0.123 e. The largest absolute Gasteiger partial charge is 0.508 e. The third-order valence-corrected chi connectivity index (χ3v) is 11.2. The SMILES string of the molecule is Oc1ccc([C@H]2c3cc(O)ccc3[C@@H]3c4c(O)cc(O)cc4[C@H]2c2c(O)cc(O)c4c2[C@H]3[C@H](c2ccc(O)cc2)[C@H]4c2cc(O)cc(O)c2)cc1. The summed E-state index contributed by atoms with van der Waals surface area (Å²) in [5.41, 5.74) is 5.99. The van der Waals surface area contributed by atoms with Crippen molar-refractivity contribution in [3.05, 3.63) is 159 Å². The highest BCUT2D eigenvalue weighted by atomic mass is 16.3. The van der Waals surface area contributed by atoms with E-state index < -0.39 is 35.5 Å². The molecule has 6 aromatic rings. The van der Waals surface area contributed by atoms with Gasteiger partial charge in [0.2, 0.25) is 0 Å². The van der Waals surface area contributed by atoms with Gasteiger partial charge in [-0.05, 0) is 93.5 Å². The van der Waals surface area contributed by atoms with Crippen LogP contribution in [0.2, 0.25) is 0 Å². The maximum Gasteiger partial charge on any atom is 0.123 e. The number of aromatic hydroxyl groups is 9. The van der Waals surface area contributed by atoms with Crippen LogP contribution in [0.3, 0.4) is 0 Å². The summed E-state index contributed by atoms with van der Waals surface area (Å²) in [6.07, 6.45) is 0. The minimum Gasteiger partial charge on any atom is -0.508 e. The van der Waals surface area contributed by atoms with Crippen LogP contribution in [0.5, 0.6) is 51.7 Å². The zero-order chi connectivity index (χ0) is 35.5. The topological polar surface area (TPSA) is 182 Å². The van der Waals surface area contributed by atoms with Crippen molar-refractivity contribution in [3.8, 4) is 51.7 Å². The van der Waals surface area contributed by atoms with Crippen LogP contribution in [0.4, 0.5) is 0 Å². The Balaban J connectivity index is 1.48. The van der Waals surface area contributed by atoms with Gasteiger partial charge in [-0.1, -0.05) is 30.3 Å². The van der Waals surface area contributed by atoms with Crippen molar-refractivity contribution >= 4 is 0 Å². The van der Waals surface area contributed by atoms with Crippen molar-refractivity contribution in [3.63, 3.8) is 0 Å². The van der Waals surface area contributed by atoms with Gasteiger partial charge in [0, 0.05) is 70.4 Å². The summed E-state index contributed by atoms with van der Waals surface area (Å²) in [7, 11) is 0. The average molecular weight is 681 g/mol. The summed E-state index contributed by atoms with van der Waals surface area (Å²) < 4.78 is 0. The van der Waals surface area contributed by atoms with Crippen LogP contribution in [0.25, 0.3) is 0 Å². The number of hydrogen-bond donors (Lipinski definition) is 9.